The van der Waals surface area contributed by atoms with E-state index in [9.17, 15) is 0 Å². The quantitative estimate of drug-likeness (QED) is 0.827. The van der Waals surface area contributed by atoms with Crippen molar-refractivity contribution in [1.29, 1.82) is 0 Å². The number of piperidine rings is 1. The SMILES string of the molecule is Nc1cccc(Br)c1CN1CCC[C@H]2CCCC[C@H]21. The van der Waals surface area contributed by atoms with Gasteiger partial charge in [-0.1, -0.05) is 34.8 Å². The number of likely N-dealkylation sites (tertiary alicyclic amines) is 1. The van der Waals surface area contributed by atoms with Crippen molar-refractivity contribution in [2.45, 2.75) is 51.1 Å². The van der Waals surface area contributed by atoms with Crippen molar-refractivity contribution in [3.63, 3.8) is 0 Å². The molecule has 1 aliphatic heterocycles. The molecule has 1 saturated carbocycles. The Bertz CT molecular complexity index is 424. The maximum absolute atomic E-state index is 6.15. The predicted molar refractivity (Wildman–Crippen MR) is 83.9 cm³/mol. The Morgan fingerprint density at radius 3 is 2.79 bits per heavy atom. The van der Waals surface area contributed by atoms with Crippen LogP contribution < -0.4 is 5.73 Å². The van der Waals surface area contributed by atoms with Gasteiger partial charge in [0, 0.05) is 28.3 Å². The summed E-state index contributed by atoms with van der Waals surface area (Å²) in [4.78, 5) is 2.68. The summed E-state index contributed by atoms with van der Waals surface area (Å²) in [5.41, 5.74) is 8.35. The third kappa shape index (κ3) is 2.82. The van der Waals surface area contributed by atoms with Gasteiger partial charge < -0.3 is 5.73 Å². The van der Waals surface area contributed by atoms with Crippen molar-refractivity contribution >= 4 is 21.6 Å². The van der Waals surface area contributed by atoms with Gasteiger partial charge in [0.05, 0.1) is 0 Å². The summed E-state index contributed by atoms with van der Waals surface area (Å²) < 4.78 is 1.16. The molecule has 2 aliphatic rings. The van der Waals surface area contributed by atoms with Crippen LogP contribution in [-0.4, -0.2) is 17.5 Å². The molecule has 3 rings (SSSR count). The van der Waals surface area contributed by atoms with E-state index in [1.54, 1.807) is 0 Å². The lowest BCUT2D eigenvalue weighted by atomic mass is 9.78. The van der Waals surface area contributed by atoms with Crippen molar-refractivity contribution in [3.05, 3.63) is 28.2 Å². The molecule has 2 atom stereocenters. The van der Waals surface area contributed by atoms with Crippen LogP contribution in [0.2, 0.25) is 0 Å². The molecule has 1 aromatic rings. The molecular weight excluding hydrogens is 300 g/mol. The zero-order valence-corrected chi connectivity index (χ0v) is 13.0. The van der Waals surface area contributed by atoms with Gasteiger partial charge in [-0.2, -0.15) is 0 Å². The Kier molecular flexibility index (Phi) is 4.13. The molecule has 0 unspecified atom stereocenters. The number of hydrogen-bond donors (Lipinski definition) is 1. The zero-order chi connectivity index (χ0) is 13.2. The van der Waals surface area contributed by atoms with E-state index < -0.39 is 0 Å². The van der Waals surface area contributed by atoms with Crippen LogP contribution in [-0.2, 0) is 6.54 Å². The van der Waals surface area contributed by atoms with Crippen LogP contribution in [0.4, 0.5) is 5.69 Å². The molecular formula is C16H23BrN2. The maximum atomic E-state index is 6.15. The number of halogens is 1. The lowest BCUT2D eigenvalue weighted by Crippen LogP contribution is -2.46. The topological polar surface area (TPSA) is 29.3 Å². The number of hydrogen-bond acceptors (Lipinski definition) is 2. The van der Waals surface area contributed by atoms with E-state index in [2.05, 4.69) is 26.9 Å². The second-order valence-corrected chi connectivity index (χ2v) is 6.89. The Labute approximate surface area is 124 Å². The summed E-state index contributed by atoms with van der Waals surface area (Å²) in [6, 6.07) is 6.94. The van der Waals surface area contributed by atoms with Gasteiger partial charge in [-0.15, -0.1) is 0 Å². The number of fused-ring (bicyclic) bond motifs is 1. The van der Waals surface area contributed by atoms with Crippen LogP contribution in [0.15, 0.2) is 22.7 Å². The normalized spacial score (nSPS) is 28.1. The first-order chi connectivity index (χ1) is 9.25. The van der Waals surface area contributed by atoms with Crippen molar-refractivity contribution < 1.29 is 0 Å². The Morgan fingerprint density at radius 2 is 1.95 bits per heavy atom. The fourth-order valence-corrected chi connectivity index (χ4v) is 4.38. The molecule has 2 N–H and O–H groups in total. The average Bonchev–Trinajstić information content (AvgIpc) is 2.43. The minimum absolute atomic E-state index is 0.800. The second-order valence-electron chi connectivity index (χ2n) is 6.03. The van der Waals surface area contributed by atoms with E-state index in [1.807, 2.05) is 12.1 Å². The van der Waals surface area contributed by atoms with E-state index >= 15 is 0 Å². The summed E-state index contributed by atoms with van der Waals surface area (Å²) in [6.07, 6.45) is 8.45. The van der Waals surface area contributed by atoms with E-state index in [0.29, 0.717) is 0 Å². The highest BCUT2D eigenvalue weighted by atomic mass is 79.9. The van der Waals surface area contributed by atoms with E-state index in [0.717, 1.165) is 28.7 Å². The van der Waals surface area contributed by atoms with Crippen LogP contribution in [0.5, 0.6) is 0 Å². The molecule has 2 fully saturated rings. The Balaban J connectivity index is 1.78. The fraction of sp³-hybridized carbons (Fsp3) is 0.625. The molecule has 19 heavy (non-hydrogen) atoms. The summed E-state index contributed by atoms with van der Waals surface area (Å²) in [7, 11) is 0. The lowest BCUT2D eigenvalue weighted by Gasteiger charge is -2.44. The first-order valence-electron chi connectivity index (χ1n) is 7.52. The summed E-state index contributed by atoms with van der Waals surface area (Å²) in [5, 5.41) is 0. The molecule has 0 radical (unpaired) electrons. The van der Waals surface area contributed by atoms with Gasteiger partial charge in [0.15, 0.2) is 0 Å². The van der Waals surface area contributed by atoms with Gasteiger partial charge in [0.1, 0.15) is 0 Å². The van der Waals surface area contributed by atoms with Gasteiger partial charge in [0.25, 0.3) is 0 Å². The highest BCUT2D eigenvalue weighted by molar-refractivity contribution is 9.10. The fourth-order valence-electron chi connectivity index (χ4n) is 3.87. The van der Waals surface area contributed by atoms with E-state index in [-0.39, 0.29) is 0 Å². The van der Waals surface area contributed by atoms with Gasteiger partial charge in [-0.3, -0.25) is 4.90 Å². The zero-order valence-electron chi connectivity index (χ0n) is 11.4. The largest absolute Gasteiger partial charge is 0.398 e. The van der Waals surface area contributed by atoms with Gasteiger partial charge in [-0.25, -0.2) is 0 Å². The van der Waals surface area contributed by atoms with E-state index in [1.165, 1.54) is 50.6 Å². The number of anilines is 1. The molecule has 0 amide bonds. The smallest absolute Gasteiger partial charge is 0.0371 e. The molecule has 1 saturated heterocycles. The Morgan fingerprint density at radius 1 is 1.16 bits per heavy atom. The molecule has 2 nitrogen and oxygen atoms in total. The minimum Gasteiger partial charge on any atom is -0.398 e. The highest BCUT2D eigenvalue weighted by Gasteiger charge is 2.33. The van der Waals surface area contributed by atoms with Crippen LogP contribution in [0.25, 0.3) is 0 Å². The van der Waals surface area contributed by atoms with Crippen molar-refractivity contribution in [2.75, 3.05) is 12.3 Å². The molecule has 0 spiro atoms. The standard InChI is InChI=1S/C16H23BrN2/c17-14-7-3-8-15(18)13(14)11-19-10-4-6-12-5-1-2-9-16(12)19/h3,7-8,12,16H,1-2,4-6,9-11,18H2/t12-,16-/m1/s1. The number of nitrogen functional groups attached to an aromatic ring is 1. The van der Waals surface area contributed by atoms with Gasteiger partial charge in [0.2, 0.25) is 0 Å². The summed E-state index contributed by atoms with van der Waals surface area (Å²) in [6.45, 7) is 2.25. The van der Waals surface area contributed by atoms with Crippen molar-refractivity contribution in [3.8, 4) is 0 Å². The van der Waals surface area contributed by atoms with Crippen LogP contribution in [0.1, 0.15) is 44.1 Å². The summed E-state index contributed by atoms with van der Waals surface area (Å²) in [5.74, 6) is 0.936. The average molecular weight is 323 g/mol. The number of nitrogens with two attached hydrogens (primary N) is 1. The summed E-state index contributed by atoms with van der Waals surface area (Å²) >= 11 is 3.66. The third-order valence-corrected chi connectivity index (χ3v) is 5.62. The molecule has 0 bridgehead atoms. The highest BCUT2D eigenvalue weighted by Crippen LogP contribution is 2.37. The lowest BCUT2D eigenvalue weighted by molar-refractivity contribution is 0.0547. The molecule has 104 valence electrons. The first kappa shape index (κ1) is 13.4. The predicted octanol–water partition coefficient (Wildman–Crippen LogP) is 4.19. The van der Waals surface area contributed by atoms with Crippen LogP contribution in [0.3, 0.4) is 0 Å². The minimum atomic E-state index is 0.800. The third-order valence-electron chi connectivity index (χ3n) is 4.87. The van der Waals surface area contributed by atoms with Crippen LogP contribution >= 0.6 is 15.9 Å². The first-order valence-corrected chi connectivity index (χ1v) is 8.32. The molecule has 1 heterocycles. The molecule has 1 aliphatic carbocycles. The monoisotopic (exact) mass is 322 g/mol. The van der Waals surface area contributed by atoms with Gasteiger partial charge >= 0.3 is 0 Å². The van der Waals surface area contributed by atoms with Crippen LogP contribution in [0, 0.1) is 5.92 Å². The maximum Gasteiger partial charge on any atom is 0.0371 e. The van der Waals surface area contributed by atoms with Gasteiger partial charge in [-0.05, 0) is 50.3 Å². The molecule has 1 aromatic carbocycles. The molecule has 0 aromatic heterocycles. The molecule has 3 heteroatoms. The van der Waals surface area contributed by atoms with Crippen molar-refractivity contribution in [1.82, 2.24) is 4.90 Å². The van der Waals surface area contributed by atoms with E-state index in [4.69, 9.17) is 5.73 Å². The second kappa shape index (κ2) is 5.84. The number of nitrogens with zero attached hydrogens (tertiary/aromatic N) is 1. The Hall–Kier alpha value is -0.540. The number of benzene rings is 1. The van der Waals surface area contributed by atoms with Crippen molar-refractivity contribution in [2.24, 2.45) is 5.92 Å². The number of rotatable bonds is 2.